The Labute approximate surface area is 109 Å². The highest BCUT2D eigenvalue weighted by Crippen LogP contribution is 1.90. The number of hydrogen-bond donors (Lipinski definition) is 3. The first-order valence-corrected chi connectivity index (χ1v) is 6.43. The van der Waals surface area contributed by atoms with Crippen molar-refractivity contribution in [2.24, 2.45) is 0 Å². The number of nitrogens with one attached hydrogen (secondary N) is 2. The molecule has 0 rings (SSSR count). The summed E-state index contributed by atoms with van der Waals surface area (Å²) in [5.41, 5.74) is 0. The van der Waals surface area contributed by atoms with Crippen LogP contribution in [0.4, 0.5) is 0 Å². The van der Waals surface area contributed by atoms with E-state index in [2.05, 4.69) is 22.5 Å². The van der Waals surface area contributed by atoms with Crippen LogP contribution < -0.4 is 10.6 Å². The molecule has 0 saturated carbocycles. The first-order chi connectivity index (χ1) is 8.60. The van der Waals surface area contributed by atoms with Crippen LogP contribution in [0.1, 0.15) is 26.2 Å². The second-order valence-corrected chi connectivity index (χ2v) is 4.26. The fourth-order valence-corrected chi connectivity index (χ4v) is 1.39. The molecule has 0 aromatic rings. The molecule has 6 nitrogen and oxygen atoms in total. The summed E-state index contributed by atoms with van der Waals surface area (Å²) in [7, 11) is 2.03. The molecule has 0 atom stereocenters. The number of nitrogens with zero attached hydrogens (tertiary/aromatic N) is 1. The minimum atomic E-state index is -0.538. The largest absolute Gasteiger partial charge is 0.387 e. The monoisotopic (exact) mass is 259 g/mol. The summed E-state index contributed by atoms with van der Waals surface area (Å²) in [5, 5.41) is 13.7. The molecule has 0 aromatic carbocycles. The third-order valence-corrected chi connectivity index (χ3v) is 2.53. The van der Waals surface area contributed by atoms with Crippen molar-refractivity contribution in [1.29, 1.82) is 0 Å². The maximum absolute atomic E-state index is 11.4. The standard InChI is InChI=1S/C12H25N3O3/c1-3-4-8-15(2)9-7-14-11(17)5-6-13-12(18)10-16/h16H,3-10H2,1-2H3,(H,13,18)(H,14,17). The number of likely N-dealkylation sites (N-methyl/N-ethyl adjacent to an activating group) is 1. The first-order valence-electron chi connectivity index (χ1n) is 6.43. The molecule has 0 unspecified atom stereocenters. The zero-order chi connectivity index (χ0) is 13.8. The van der Waals surface area contributed by atoms with Crippen LogP contribution in [0, 0.1) is 0 Å². The molecule has 2 amide bonds. The summed E-state index contributed by atoms with van der Waals surface area (Å²) in [6.07, 6.45) is 2.57. The number of carbonyl (C=O) groups excluding carboxylic acids is 2. The van der Waals surface area contributed by atoms with E-state index < -0.39 is 12.5 Å². The molecular weight excluding hydrogens is 234 g/mol. The van der Waals surface area contributed by atoms with Crippen LogP contribution in [0.15, 0.2) is 0 Å². The van der Waals surface area contributed by atoms with Crippen LogP contribution in [-0.4, -0.2) is 61.7 Å². The maximum Gasteiger partial charge on any atom is 0.245 e. The Morgan fingerprint density at radius 1 is 1.11 bits per heavy atom. The predicted molar refractivity (Wildman–Crippen MR) is 70.1 cm³/mol. The molecule has 3 N–H and O–H groups in total. The third-order valence-electron chi connectivity index (χ3n) is 2.53. The Hall–Kier alpha value is -1.14. The molecule has 0 spiro atoms. The van der Waals surface area contributed by atoms with Gasteiger partial charge in [0, 0.05) is 26.1 Å². The lowest BCUT2D eigenvalue weighted by Crippen LogP contribution is -2.35. The van der Waals surface area contributed by atoms with Gasteiger partial charge in [-0.05, 0) is 20.0 Å². The van der Waals surface area contributed by atoms with E-state index in [9.17, 15) is 9.59 Å². The van der Waals surface area contributed by atoms with Crippen molar-refractivity contribution in [3.8, 4) is 0 Å². The van der Waals surface area contributed by atoms with Gasteiger partial charge in [-0.3, -0.25) is 9.59 Å². The summed E-state index contributed by atoms with van der Waals surface area (Å²) in [5.74, 6) is -0.542. The Morgan fingerprint density at radius 3 is 2.39 bits per heavy atom. The molecule has 0 aromatic heterocycles. The van der Waals surface area contributed by atoms with Crippen LogP contribution in [0.5, 0.6) is 0 Å². The third kappa shape index (κ3) is 10.0. The summed E-state index contributed by atoms with van der Waals surface area (Å²) in [6.45, 7) is 4.36. The molecule has 0 aliphatic heterocycles. The van der Waals surface area contributed by atoms with Gasteiger partial charge in [-0.2, -0.15) is 0 Å². The van der Waals surface area contributed by atoms with Crippen molar-refractivity contribution in [1.82, 2.24) is 15.5 Å². The van der Waals surface area contributed by atoms with Crippen molar-refractivity contribution in [2.45, 2.75) is 26.2 Å². The molecule has 106 valence electrons. The van der Waals surface area contributed by atoms with E-state index >= 15 is 0 Å². The van der Waals surface area contributed by atoms with Gasteiger partial charge in [-0.1, -0.05) is 13.3 Å². The molecule has 0 bridgehead atoms. The fourth-order valence-electron chi connectivity index (χ4n) is 1.39. The highest BCUT2D eigenvalue weighted by atomic mass is 16.3. The van der Waals surface area contributed by atoms with E-state index in [0.717, 1.165) is 19.5 Å². The predicted octanol–water partition coefficient (Wildman–Crippen LogP) is -0.667. The quantitative estimate of drug-likeness (QED) is 0.486. The van der Waals surface area contributed by atoms with Gasteiger partial charge in [-0.25, -0.2) is 0 Å². The Balaban J connectivity index is 3.44. The van der Waals surface area contributed by atoms with Crippen LogP contribution >= 0.6 is 0 Å². The molecular formula is C12H25N3O3. The van der Waals surface area contributed by atoms with Crippen LogP contribution in [-0.2, 0) is 9.59 Å². The van der Waals surface area contributed by atoms with Crippen LogP contribution in [0.2, 0.25) is 0 Å². The van der Waals surface area contributed by atoms with Crippen molar-refractivity contribution < 1.29 is 14.7 Å². The zero-order valence-corrected chi connectivity index (χ0v) is 11.4. The minimum absolute atomic E-state index is 0.0860. The van der Waals surface area contributed by atoms with Crippen LogP contribution in [0.25, 0.3) is 0 Å². The minimum Gasteiger partial charge on any atom is -0.387 e. The Kier molecular flexibility index (Phi) is 10.3. The molecule has 0 heterocycles. The lowest BCUT2D eigenvalue weighted by molar-refractivity contribution is -0.124. The van der Waals surface area contributed by atoms with Crippen molar-refractivity contribution in [2.75, 3.05) is 39.8 Å². The van der Waals surface area contributed by atoms with Crippen LogP contribution in [0.3, 0.4) is 0 Å². The van der Waals surface area contributed by atoms with Gasteiger partial charge in [0.05, 0.1) is 0 Å². The van der Waals surface area contributed by atoms with E-state index in [-0.39, 0.29) is 18.9 Å². The Bertz CT molecular complexity index is 247. The number of unbranched alkanes of at least 4 members (excludes halogenated alkanes) is 1. The molecule has 0 saturated heterocycles. The fraction of sp³-hybridized carbons (Fsp3) is 0.833. The first kappa shape index (κ1) is 16.9. The molecule has 6 heteroatoms. The lowest BCUT2D eigenvalue weighted by Gasteiger charge is -2.16. The number of aliphatic hydroxyl groups excluding tert-OH is 1. The number of rotatable bonds is 10. The average Bonchev–Trinajstić information content (AvgIpc) is 2.36. The SMILES string of the molecule is CCCCN(C)CCNC(=O)CCNC(=O)CO. The van der Waals surface area contributed by atoms with E-state index in [1.54, 1.807) is 0 Å². The van der Waals surface area contributed by atoms with E-state index in [1.807, 2.05) is 7.05 Å². The number of hydrogen-bond acceptors (Lipinski definition) is 4. The van der Waals surface area contributed by atoms with Gasteiger partial charge >= 0.3 is 0 Å². The second kappa shape index (κ2) is 11.0. The number of amides is 2. The van der Waals surface area contributed by atoms with Gasteiger partial charge < -0.3 is 20.6 Å². The molecule has 0 fully saturated rings. The summed E-state index contributed by atoms with van der Waals surface area (Å²) < 4.78 is 0. The van der Waals surface area contributed by atoms with Crippen molar-refractivity contribution in [3.63, 3.8) is 0 Å². The lowest BCUT2D eigenvalue weighted by atomic mass is 10.3. The highest BCUT2D eigenvalue weighted by Gasteiger charge is 2.03. The molecule has 0 aliphatic rings. The van der Waals surface area contributed by atoms with E-state index in [1.165, 1.54) is 6.42 Å². The van der Waals surface area contributed by atoms with Gasteiger partial charge in [0.2, 0.25) is 11.8 Å². The van der Waals surface area contributed by atoms with Crippen molar-refractivity contribution >= 4 is 11.8 Å². The Morgan fingerprint density at radius 2 is 1.78 bits per heavy atom. The molecule has 18 heavy (non-hydrogen) atoms. The summed E-state index contributed by atoms with van der Waals surface area (Å²) in [6, 6.07) is 0. The molecule has 0 aliphatic carbocycles. The smallest absolute Gasteiger partial charge is 0.245 e. The number of aliphatic hydroxyl groups is 1. The second-order valence-electron chi connectivity index (χ2n) is 4.26. The van der Waals surface area contributed by atoms with Gasteiger partial charge in [0.15, 0.2) is 0 Å². The summed E-state index contributed by atoms with van der Waals surface area (Å²) in [4.78, 5) is 24.2. The molecule has 0 radical (unpaired) electrons. The van der Waals surface area contributed by atoms with Gasteiger partial charge in [0.1, 0.15) is 6.61 Å². The summed E-state index contributed by atoms with van der Waals surface area (Å²) >= 11 is 0. The van der Waals surface area contributed by atoms with E-state index in [4.69, 9.17) is 5.11 Å². The number of carbonyl (C=O) groups is 2. The topological polar surface area (TPSA) is 81.7 Å². The van der Waals surface area contributed by atoms with Gasteiger partial charge in [-0.15, -0.1) is 0 Å². The zero-order valence-electron chi connectivity index (χ0n) is 11.4. The highest BCUT2D eigenvalue weighted by molar-refractivity contribution is 5.79. The van der Waals surface area contributed by atoms with Crippen molar-refractivity contribution in [3.05, 3.63) is 0 Å². The van der Waals surface area contributed by atoms with Gasteiger partial charge in [0.25, 0.3) is 0 Å². The van der Waals surface area contributed by atoms with E-state index in [0.29, 0.717) is 6.54 Å². The normalized spacial score (nSPS) is 10.4. The average molecular weight is 259 g/mol. The maximum atomic E-state index is 11.4.